The van der Waals surface area contributed by atoms with E-state index in [2.05, 4.69) is 22.1 Å². The van der Waals surface area contributed by atoms with Gasteiger partial charge in [-0.15, -0.1) is 22.7 Å². The number of carbonyl (C=O) groups is 1. The molecule has 1 amide bonds. The predicted molar refractivity (Wildman–Crippen MR) is 84.4 cm³/mol. The molecule has 0 saturated heterocycles. The second-order valence-corrected chi connectivity index (χ2v) is 6.12. The number of thiazole rings is 1. The van der Waals surface area contributed by atoms with Crippen LogP contribution in [0.5, 0.6) is 0 Å². The number of amides is 1. The minimum Gasteiger partial charge on any atom is -0.320 e. The molecule has 0 aliphatic rings. The van der Waals surface area contributed by atoms with Crippen molar-refractivity contribution in [1.82, 2.24) is 4.98 Å². The van der Waals surface area contributed by atoms with E-state index in [9.17, 15) is 4.79 Å². The summed E-state index contributed by atoms with van der Waals surface area (Å²) in [5.74, 6) is 5.50. The summed E-state index contributed by atoms with van der Waals surface area (Å²) in [7, 11) is 0. The van der Waals surface area contributed by atoms with Gasteiger partial charge in [-0.1, -0.05) is 18.8 Å². The fourth-order valence-electron chi connectivity index (χ4n) is 1.69. The third-order valence-corrected chi connectivity index (χ3v) is 4.49. The zero-order valence-corrected chi connectivity index (χ0v) is 13.0. The molecule has 0 spiro atoms. The van der Waals surface area contributed by atoms with Crippen LogP contribution in [0.3, 0.4) is 0 Å². The van der Waals surface area contributed by atoms with E-state index in [4.69, 9.17) is 5.73 Å². The predicted octanol–water partition coefficient (Wildman–Crippen LogP) is 2.64. The van der Waals surface area contributed by atoms with Gasteiger partial charge in [0.05, 0.1) is 12.2 Å². The third kappa shape index (κ3) is 3.25. The highest BCUT2D eigenvalue weighted by Crippen LogP contribution is 2.24. The zero-order valence-electron chi connectivity index (χ0n) is 11.3. The largest absolute Gasteiger partial charge is 0.320 e. The normalized spacial score (nSPS) is 9.95. The number of carbonyl (C=O) groups excluding carboxylic acids is 1. The fraction of sp³-hybridized carbons (Fsp3) is 0.286. The van der Waals surface area contributed by atoms with Crippen molar-refractivity contribution in [3.63, 3.8) is 0 Å². The van der Waals surface area contributed by atoms with Crippen LogP contribution in [0.15, 0.2) is 11.4 Å². The summed E-state index contributed by atoms with van der Waals surface area (Å²) in [6.45, 7) is 4.34. The SMILES string of the molecule is CCc1nc(NC(=O)c2sccc2C#CCN)sc1C. The van der Waals surface area contributed by atoms with Crippen LogP contribution in [0.1, 0.15) is 32.7 Å². The Labute approximate surface area is 126 Å². The molecule has 3 N–H and O–H groups in total. The first-order chi connectivity index (χ1) is 9.65. The molecule has 0 saturated carbocycles. The van der Waals surface area contributed by atoms with Gasteiger partial charge in [-0.2, -0.15) is 0 Å². The number of anilines is 1. The molecular formula is C14H15N3OS2. The van der Waals surface area contributed by atoms with Crippen LogP contribution >= 0.6 is 22.7 Å². The molecule has 0 aliphatic heterocycles. The first-order valence-corrected chi connectivity index (χ1v) is 7.89. The maximum atomic E-state index is 12.2. The second kappa shape index (κ2) is 6.66. The summed E-state index contributed by atoms with van der Waals surface area (Å²) in [6.07, 6.45) is 0.866. The topological polar surface area (TPSA) is 68.0 Å². The van der Waals surface area contributed by atoms with Crippen molar-refractivity contribution in [2.45, 2.75) is 20.3 Å². The van der Waals surface area contributed by atoms with E-state index >= 15 is 0 Å². The van der Waals surface area contributed by atoms with Crippen LogP contribution in [0.4, 0.5) is 5.13 Å². The van der Waals surface area contributed by atoms with Crippen molar-refractivity contribution in [3.8, 4) is 11.8 Å². The Hall–Kier alpha value is -1.68. The number of aromatic nitrogens is 1. The Morgan fingerprint density at radius 3 is 3.00 bits per heavy atom. The Morgan fingerprint density at radius 2 is 2.35 bits per heavy atom. The van der Waals surface area contributed by atoms with Crippen LogP contribution in [-0.4, -0.2) is 17.4 Å². The molecule has 104 valence electrons. The maximum Gasteiger partial charge on any atom is 0.268 e. The first kappa shape index (κ1) is 14.7. The monoisotopic (exact) mass is 305 g/mol. The van der Waals surface area contributed by atoms with Crippen molar-refractivity contribution in [3.05, 3.63) is 32.5 Å². The summed E-state index contributed by atoms with van der Waals surface area (Å²) in [5.41, 5.74) is 7.09. The highest BCUT2D eigenvalue weighted by molar-refractivity contribution is 7.16. The lowest BCUT2D eigenvalue weighted by Gasteiger charge is -1.99. The number of rotatable bonds is 3. The van der Waals surface area contributed by atoms with Crippen LogP contribution in [0.25, 0.3) is 0 Å². The lowest BCUT2D eigenvalue weighted by molar-refractivity contribution is 0.103. The molecule has 2 rings (SSSR count). The second-order valence-electron chi connectivity index (χ2n) is 4.00. The van der Waals surface area contributed by atoms with Crippen molar-refractivity contribution >= 4 is 33.7 Å². The maximum absolute atomic E-state index is 12.2. The molecule has 0 aliphatic carbocycles. The number of nitrogens with zero attached hydrogens (tertiary/aromatic N) is 1. The molecule has 4 nitrogen and oxygen atoms in total. The number of nitrogens with one attached hydrogen (secondary N) is 1. The fourth-order valence-corrected chi connectivity index (χ4v) is 3.33. The average molecular weight is 305 g/mol. The van der Waals surface area contributed by atoms with E-state index < -0.39 is 0 Å². The molecule has 0 atom stereocenters. The molecular weight excluding hydrogens is 290 g/mol. The van der Waals surface area contributed by atoms with E-state index in [1.807, 2.05) is 25.3 Å². The standard InChI is InChI=1S/C14H15N3OS2/c1-3-11-9(2)20-14(16-11)17-13(18)12-10(5-4-7-15)6-8-19-12/h6,8H,3,7,15H2,1-2H3,(H,16,17,18). The van der Waals surface area contributed by atoms with Gasteiger partial charge in [0.15, 0.2) is 5.13 Å². The summed E-state index contributed by atoms with van der Waals surface area (Å²) in [4.78, 5) is 18.4. The van der Waals surface area contributed by atoms with Gasteiger partial charge in [-0.3, -0.25) is 10.1 Å². The molecule has 2 aromatic heterocycles. The van der Waals surface area contributed by atoms with Gasteiger partial charge in [0.2, 0.25) is 0 Å². The summed E-state index contributed by atoms with van der Waals surface area (Å²) in [5, 5.41) is 5.32. The van der Waals surface area contributed by atoms with Gasteiger partial charge in [0.1, 0.15) is 4.88 Å². The molecule has 2 aromatic rings. The summed E-state index contributed by atoms with van der Waals surface area (Å²) < 4.78 is 0. The van der Waals surface area contributed by atoms with E-state index in [-0.39, 0.29) is 12.5 Å². The minimum absolute atomic E-state index is 0.169. The summed E-state index contributed by atoms with van der Waals surface area (Å²) in [6, 6.07) is 1.83. The Morgan fingerprint density at radius 1 is 1.55 bits per heavy atom. The molecule has 0 bridgehead atoms. The van der Waals surface area contributed by atoms with Crippen LogP contribution in [0, 0.1) is 18.8 Å². The van der Waals surface area contributed by atoms with Gasteiger partial charge >= 0.3 is 0 Å². The molecule has 20 heavy (non-hydrogen) atoms. The van der Waals surface area contributed by atoms with Crippen molar-refractivity contribution in [2.24, 2.45) is 5.73 Å². The molecule has 0 radical (unpaired) electrons. The number of aryl methyl sites for hydroxylation is 2. The molecule has 0 fully saturated rings. The summed E-state index contributed by atoms with van der Waals surface area (Å²) >= 11 is 2.86. The van der Waals surface area contributed by atoms with Crippen molar-refractivity contribution in [1.29, 1.82) is 0 Å². The van der Waals surface area contributed by atoms with Gasteiger partial charge in [0.25, 0.3) is 5.91 Å². The Balaban J connectivity index is 2.17. The smallest absolute Gasteiger partial charge is 0.268 e. The number of hydrogen-bond acceptors (Lipinski definition) is 5. The number of hydrogen-bond donors (Lipinski definition) is 2. The average Bonchev–Trinajstić information content (AvgIpc) is 3.02. The van der Waals surface area contributed by atoms with Gasteiger partial charge in [0, 0.05) is 10.4 Å². The minimum atomic E-state index is -0.169. The van der Waals surface area contributed by atoms with E-state index in [1.165, 1.54) is 22.7 Å². The number of nitrogens with two attached hydrogens (primary N) is 1. The molecule has 0 aromatic carbocycles. The van der Waals surface area contributed by atoms with Crippen LogP contribution in [0.2, 0.25) is 0 Å². The third-order valence-electron chi connectivity index (χ3n) is 2.64. The highest BCUT2D eigenvalue weighted by Gasteiger charge is 2.14. The quantitative estimate of drug-likeness (QED) is 0.857. The molecule has 6 heteroatoms. The van der Waals surface area contributed by atoms with Crippen LogP contribution < -0.4 is 11.1 Å². The molecule has 2 heterocycles. The van der Waals surface area contributed by atoms with E-state index in [0.29, 0.717) is 15.6 Å². The van der Waals surface area contributed by atoms with E-state index in [0.717, 1.165) is 17.0 Å². The first-order valence-electron chi connectivity index (χ1n) is 6.19. The highest BCUT2D eigenvalue weighted by atomic mass is 32.1. The Kier molecular flexibility index (Phi) is 4.90. The zero-order chi connectivity index (χ0) is 14.5. The Bertz CT molecular complexity index is 676. The van der Waals surface area contributed by atoms with Gasteiger partial charge < -0.3 is 5.73 Å². The van der Waals surface area contributed by atoms with Crippen LogP contribution in [-0.2, 0) is 6.42 Å². The van der Waals surface area contributed by atoms with Gasteiger partial charge in [-0.25, -0.2) is 4.98 Å². The van der Waals surface area contributed by atoms with Crippen molar-refractivity contribution in [2.75, 3.05) is 11.9 Å². The lowest BCUT2D eigenvalue weighted by Crippen LogP contribution is -2.11. The van der Waals surface area contributed by atoms with Gasteiger partial charge in [-0.05, 0) is 24.8 Å². The van der Waals surface area contributed by atoms with Crippen molar-refractivity contribution < 1.29 is 4.79 Å². The number of thiophene rings is 1. The molecule has 0 unspecified atom stereocenters. The van der Waals surface area contributed by atoms with E-state index in [1.54, 1.807) is 0 Å². The lowest BCUT2D eigenvalue weighted by atomic mass is 10.2.